The van der Waals surface area contributed by atoms with Crippen LogP contribution in [0.15, 0.2) is 18.5 Å². The molecule has 0 saturated heterocycles. The third kappa shape index (κ3) is 3.26. The lowest BCUT2D eigenvalue weighted by atomic mass is 10.3. The maximum atomic E-state index is 12.4. The molecule has 0 aliphatic rings. The molecule has 128 valence electrons. The SMILES string of the molecule is CCOC(=O)c1cnn(C)c1NC(=O)c1ccnn1C(C)C(=O)O. The van der Waals surface area contributed by atoms with E-state index in [1.54, 1.807) is 14.0 Å². The lowest BCUT2D eigenvalue weighted by Crippen LogP contribution is -2.25. The molecule has 1 amide bonds. The molecule has 0 bridgehead atoms. The summed E-state index contributed by atoms with van der Waals surface area (Å²) >= 11 is 0. The standard InChI is InChI=1S/C14H17N5O5/c1-4-24-14(23)9-7-16-18(3)11(9)17-12(20)10-5-6-15-19(10)8(2)13(21)22/h5-8H,4H2,1-3H3,(H,17,20)(H,21,22). The number of nitrogens with one attached hydrogen (secondary N) is 1. The Morgan fingerprint density at radius 3 is 2.71 bits per heavy atom. The van der Waals surface area contributed by atoms with E-state index in [4.69, 9.17) is 9.84 Å². The number of carboxylic acids is 1. The van der Waals surface area contributed by atoms with Gasteiger partial charge in [-0.3, -0.25) is 9.48 Å². The Kier molecular flexibility index (Phi) is 4.97. The predicted molar refractivity (Wildman–Crippen MR) is 81.7 cm³/mol. The van der Waals surface area contributed by atoms with Gasteiger partial charge in [0.2, 0.25) is 0 Å². The number of aryl methyl sites for hydroxylation is 1. The van der Waals surface area contributed by atoms with Gasteiger partial charge in [0.25, 0.3) is 5.91 Å². The van der Waals surface area contributed by atoms with Crippen LogP contribution >= 0.6 is 0 Å². The van der Waals surface area contributed by atoms with E-state index in [-0.39, 0.29) is 23.7 Å². The van der Waals surface area contributed by atoms with Gasteiger partial charge in [0, 0.05) is 13.2 Å². The summed E-state index contributed by atoms with van der Waals surface area (Å²) in [5.41, 5.74) is 0.144. The van der Waals surface area contributed by atoms with Crippen LogP contribution in [0, 0.1) is 0 Å². The van der Waals surface area contributed by atoms with Gasteiger partial charge in [0.1, 0.15) is 23.1 Å². The normalized spacial score (nSPS) is 11.8. The molecule has 10 heteroatoms. The molecule has 10 nitrogen and oxygen atoms in total. The smallest absolute Gasteiger partial charge is 0.343 e. The summed E-state index contributed by atoms with van der Waals surface area (Å²) in [6.07, 6.45) is 2.61. The molecule has 2 aromatic rings. The van der Waals surface area contributed by atoms with Crippen molar-refractivity contribution < 1.29 is 24.2 Å². The first-order chi connectivity index (χ1) is 11.4. The fourth-order valence-corrected chi connectivity index (χ4v) is 2.02. The zero-order chi connectivity index (χ0) is 17.9. The van der Waals surface area contributed by atoms with Crippen LogP contribution in [-0.4, -0.2) is 49.1 Å². The minimum Gasteiger partial charge on any atom is -0.480 e. The van der Waals surface area contributed by atoms with Crippen LogP contribution in [0.1, 0.15) is 40.7 Å². The van der Waals surface area contributed by atoms with E-state index in [9.17, 15) is 14.4 Å². The Labute approximate surface area is 137 Å². The number of anilines is 1. The number of nitrogens with zero attached hydrogens (tertiary/aromatic N) is 4. The van der Waals surface area contributed by atoms with Crippen LogP contribution in [0.5, 0.6) is 0 Å². The molecule has 2 heterocycles. The van der Waals surface area contributed by atoms with Crippen molar-refractivity contribution in [2.45, 2.75) is 19.9 Å². The summed E-state index contributed by atoms with van der Waals surface area (Å²) in [5.74, 6) is -2.21. The molecule has 2 N–H and O–H groups in total. The number of amides is 1. The van der Waals surface area contributed by atoms with Crippen LogP contribution in [0.4, 0.5) is 5.82 Å². The Bertz CT molecular complexity index is 778. The lowest BCUT2D eigenvalue weighted by molar-refractivity contribution is -0.140. The molecule has 0 aliphatic carbocycles. The Morgan fingerprint density at radius 1 is 1.38 bits per heavy atom. The molecule has 0 aliphatic heterocycles. The quantitative estimate of drug-likeness (QED) is 0.743. The van der Waals surface area contributed by atoms with Crippen LogP contribution in [0.2, 0.25) is 0 Å². The number of ether oxygens (including phenoxy) is 1. The van der Waals surface area contributed by atoms with E-state index in [2.05, 4.69) is 15.5 Å². The summed E-state index contributed by atoms with van der Waals surface area (Å²) in [6, 6.07) is 0.367. The fourth-order valence-electron chi connectivity index (χ4n) is 2.02. The van der Waals surface area contributed by atoms with Crippen molar-refractivity contribution in [3.8, 4) is 0 Å². The maximum absolute atomic E-state index is 12.4. The summed E-state index contributed by atoms with van der Waals surface area (Å²) in [5, 5.41) is 19.4. The summed E-state index contributed by atoms with van der Waals surface area (Å²) in [6.45, 7) is 3.25. The minimum atomic E-state index is -1.12. The van der Waals surface area contributed by atoms with Crippen LogP contribution in [0.25, 0.3) is 0 Å². The van der Waals surface area contributed by atoms with Crippen molar-refractivity contribution in [3.05, 3.63) is 29.7 Å². The Morgan fingerprint density at radius 2 is 2.08 bits per heavy atom. The van der Waals surface area contributed by atoms with Crippen molar-refractivity contribution >= 4 is 23.7 Å². The van der Waals surface area contributed by atoms with E-state index < -0.39 is 23.9 Å². The molecule has 0 aromatic carbocycles. The molecule has 24 heavy (non-hydrogen) atoms. The van der Waals surface area contributed by atoms with Gasteiger partial charge in [-0.2, -0.15) is 10.2 Å². The zero-order valence-electron chi connectivity index (χ0n) is 13.4. The fraction of sp³-hybridized carbons (Fsp3) is 0.357. The van der Waals surface area contributed by atoms with Gasteiger partial charge in [0.05, 0.1) is 12.8 Å². The summed E-state index contributed by atoms with van der Waals surface area (Å²) in [4.78, 5) is 35.4. The second kappa shape index (κ2) is 6.94. The predicted octanol–water partition coefficient (Wildman–Crippen LogP) is 0.691. The van der Waals surface area contributed by atoms with Crippen molar-refractivity contribution in [1.82, 2.24) is 19.6 Å². The van der Waals surface area contributed by atoms with Gasteiger partial charge >= 0.3 is 11.9 Å². The summed E-state index contributed by atoms with van der Waals surface area (Å²) in [7, 11) is 1.55. The van der Waals surface area contributed by atoms with Gasteiger partial charge in [-0.25, -0.2) is 14.3 Å². The number of aliphatic carboxylic acids is 1. The first-order valence-corrected chi connectivity index (χ1v) is 7.13. The third-order valence-corrected chi connectivity index (χ3v) is 3.29. The van der Waals surface area contributed by atoms with E-state index >= 15 is 0 Å². The highest BCUT2D eigenvalue weighted by Gasteiger charge is 2.24. The van der Waals surface area contributed by atoms with Gasteiger partial charge < -0.3 is 15.2 Å². The van der Waals surface area contributed by atoms with Crippen LogP contribution < -0.4 is 5.32 Å². The molecule has 1 atom stereocenters. The van der Waals surface area contributed by atoms with Gasteiger partial charge in [-0.05, 0) is 19.9 Å². The maximum Gasteiger partial charge on any atom is 0.343 e. The molecule has 2 aromatic heterocycles. The van der Waals surface area contributed by atoms with Crippen molar-refractivity contribution in [2.24, 2.45) is 7.05 Å². The molecule has 2 rings (SSSR count). The number of esters is 1. The molecule has 0 fully saturated rings. The number of hydrogen-bond acceptors (Lipinski definition) is 6. The largest absolute Gasteiger partial charge is 0.480 e. The lowest BCUT2D eigenvalue weighted by Gasteiger charge is -2.12. The average Bonchev–Trinajstić information content (AvgIpc) is 3.14. The number of carboxylic acid groups (broad SMARTS) is 1. The Balaban J connectivity index is 2.29. The number of carbonyl (C=O) groups excluding carboxylic acids is 2. The first-order valence-electron chi connectivity index (χ1n) is 7.13. The summed E-state index contributed by atoms with van der Waals surface area (Å²) < 4.78 is 7.30. The highest BCUT2D eigenvalue weighted by atomic mass is 16.5. The van der Waals surface area contributed by atoms with Crippen molar-refractivity contribution in [1.29, 1.82) is 0 Å². The molecular formula is C14H17N5O5. The average molecular weight is 335 g/mol. The van der Waals surface area contributed by atoms with Gasteiger partial charge in [-0.1, -0.05) is 0 Å². The third-order valence-electron chi connectivity index (χ3n) is 3.29. The van der Waals surface area contributed by atoms with Crippen molar-refractivity contribution in [2.75, 3.05) is 11.9 Å². The molecular weight excluding hydrogens is 318 g/mol. The number of rotatable bonds is 6. The first kappa shape index (κ1) is 17.2. The highest BCUT2D eigenvalue weighted by Crippen LogP contribution is 2.17. The van der Waals surface area contributed by atoms with Gasteiger partial charge in [-0.15, -0.1) is 0 Å². The van der Waals surface area contributed by atoms with Crippen molar-refractivity contribution in [3.63, 3.8) is 0 Å². The monoisotopic (exact) mass is 335 g/mol. The minimum absolute atomic E-state index is 0.0425. The van der Waals surface area contributed by atoms with E-state index in [0.717, 1.165) is 4.68 Å². The topological polar surface area (TPSA) is 128 Å². The molecule has 0 radical (unpaired) electrons. The molecule has 1 unspecified atom stereocenters. The highest BCUT2D eigenvalue weighted by molar-refractivity contribution is 6.06. The number of aromatic nitrogens is 4. The number of hydrogen-bond donors (Lipinski definition) is 2. The van der Waals surface area contributed by atoms with Gasteiger partial charge in [0.15, 0.2) is 0 Å². The molecule has 0 spiro atoms. The van der Waals surface area contributed by atoms with E-state index in [1.807, 2.05) is 0 Å². The van der Waals surface area contributed by atoms with Crippen LogP contribution in [-0.2, 0) is 16.6 Å². The zero-order valence-corrected chi connectivity index (χ0v) is 13.4. The van der Waals surface area contributed by atoms with Crippen LogP contribution in [0.3, 0.4) is 0 Å². The van der Waals surface area contributed by atoms with E-state index in [1.165, 1.54) is 30.1 Å². The molecule has 0 saturated carbocycles. The number of carbonyl (C=O) groups is 3. The van der Waals surface area contributed by atoms with E-state index in [0.29, 0.717) is 0 Å². The Hall–Kier alpha value is -3.17. The second-order valence-corrected chi connectivity index (χ2v) is 4.88. The second-order valence-electron chi connectivity index (χ2n) is 4.88.